The van der Waals surface area contributed by atoms with Crippen LogP contribution in [0.5, 0.6) is 0 Å². The molecular weight excluding hydrogens is 418 g/mol. The maximum absolute atomic E-state index is 13.2. The number of carbonyl (C=O) groups excluding carboxylic acids is 3. The minimum absolute atomic E-state index is 0.0209. The maximum atomic E-state index is 13.2. The number of amides is 3. The maximum Gasteiger partial charge on any atom is 0.242 e. The number of nitrogens with zero attached hydrogens (tertiary/aromatic N) is 5. The molecule has 172 valence electrons. The number of hydrogen-bond acceptors (Lipinski definition) is 5. The van der Waals surface area contributed by atoms with Crippen LogP contribution in [-0.2, 0) is 27.3 Å². The molecule has 0 aliphatic carbocycles. The van der Waals surface area contributed by atoms with Gasteiger partial charge in [0.2, 0.25) is 17.7 Å². The smallest absolute Gasteiger partial charge is 0.242 e. The summed E-state index contributed by atoms with van der Waals surface area (Å²) < 4.78 is 0. The highest BCUT2D eigenvalue weighted by Crippen LogP contribution is 2.35. The fraction of sp³-hybridized carbons (Fsp3) is 0.480. The second kappa shape index (κ2) is 8.92. The number of anilines is 1. The van der Waals surface area contributed by atoms with Gasteiger partial charge in [-0.2, -0.15) is 0 Å². The van der Waals surface area contributed by atoms with Crippen molar-refractivity contribution in [1.29, 1.82) is 0 Å². The van der Waals surface area contributed by atoms with Crippen molar-refractivity contribution >= 4 is 23.5 Å². The Morgan fingerprint density at radius 3 is 2.61 bits per heavy atom. The van der Waals surface area contributed by atoms with E-state index in [-0.39, 0.29) is 30.3 Å². The van der Waals surface area contributed by atoms with E-state index in [0.29, 0.717) is 44.1 Å². The van der Waals surface area contributed by atoms with Crippen molar-refractivity contribution in [1.82, 2.24) is 19.8 Å². The quantitative estimate of drug-likeness (QED) is 0.703. The Labute approximate surface area is 193 Å². The molecule has 0 saturated carbocycles. The van der Waals surface area contributed by atoms with E-state index in [4.69, 9.17) is 9.97 Å². The van der Waals surface area contributed by atoms with Crippen LogP contribution < -0.4 is 4.90 Å². The average molecular weight is 448 g/mol. The van der Waals surface area contributed by atoms with Crippen LogP contribution in [0.25, 0.3) is 0 Å². The molecule has 2 fully saturated rings. The van der Waals surface area contributed by atoms with Crippen LogP contribution >= 0.6 is 0 Å². The predicted octanol–water partition coefficient (Wildman–Crippen LogP) is 2.55. The van der Waals surface area contributed by atoms with Gasteiger partial charge in [-0.3, -0.25) is 19.3 Å². The molecule has 8 heteroatoms. The van der Waals surface area contributed by atoms with Crippen molar-refractivity contribution in [3.8, 4) is 0 Å². The lowest BCUT2D eigenvalue weighted by Crippen LogP contribution is -2.45. The van der Waals surface area contributed by atoms with E-state index in [1.807, 2.05) is 42.2 Å². The standard InChI is InChI=1S/C25H29N5O3/c1-17-19-14-22(32)30(15-18-8-3-2-4-9-18)25(19)27-24(26-17)20-10-5-6-13-29(20)23(33)16-28-12-7-11-21(28)31/h2-4,8-9,20H,5-7,10-16H2,1H3/t20-/m0/s1. The highest BCUT2D eigenvalue weighted by molar-refractivity contribution is 6.00. The zero-order valence-corrected chi connectivity index (χ0v) is 19.0. The van der Waals surface area contributed by atoms with Crippen molar-refractivity contribution < 1.29 is 14.4 Å². The van der Waals surface area contributed by atoms with Crippen LogP contribution in [-0.4, -0.2) is 57.1 Å². The summed E-state index contributed by atoms with van der Waals surface area (Å²) in [6.45, 7) is 3.79. The molecule has 4 heterocycles. The average Bonchev–Trinajstić information content (AvgIpc) is 3.37. The Hall–Kier alpha value is -3.29. The molecule has 0 N–H and O–H groups in total. The molecule has 5 rings (SSSR count). The molecular formula is C25H29N5O3. The first-order chi connectivity index (χ1) is 16.0. The predicted molar refractivity (Wildman–Crippen MR) is 122 cm³/mol. The van der Waals surface area contributed by atoms with Crippen LogP contribution in [0.2, 0.25) is 0 Å². The summed E-state index contributed by atoms with van der Waals surface area (Å²) in [5.41, 5.74) is 2.71. The van der Waals surface area contributed by atoms with Crippen molar-refractivity contribution in [3.05, 3.63) is 53.0 Å². The molecule has 1 aromatic heterocycles. The molecule has 3 aliphatic heterocycles. The highest BCUT2D eigenvalue weighted by Gasteiger charge is 2.36. The molecule has 0 bridgehead atoms. The van der Waals surface area contributed by atoms with Crippen molar-refractivity contribution in [2.75, 3.05) is 24.5 Å². The molecule has 1 atom stereocenters. The minimum atomic E-state index is -0.234. The van der Waals surface area contributed by atoms with E-state index in [1.54, 1.807) is 9.80 Å². The third kappa shape index (κ3) is 4.21. The number of fused-ring (bicyclic) bond motifs is 1. The van der Waals surface area contributed by atoms with Gasteiger partial charge in [-0.05, 0) is 38.2 Å². The van der Waals surface area contributed by atoms with Gasteiger partial charge in [-0.25, -0.2) is 9.97 Å². The van der Waals surface area contributed by atoms with Gasteiger partial charge in [0.25, 0.3) is 0 Å². The topological polar surface area (TPSA) is 86.7 Å². The third-order valence-corrected chi connectivity index (χ3v) is 6.90. The van der Waals surface area contributed by atoms with E-state index in [2.05, 4.69) is 0 Å². The van der Waals surface area contributed by atoms with E-state index < -0.39 is 0 Å². The zero-order chi connectivity index (χ0) is 22.9. The summed E-state index contributed by atoms with van der Waals surface area (Å²) in [6, 6.07) is 9.65. The third-order valence-electron chi connectivity index (χ3n) is 6.90. The van der Waals surface area contributed by atoms with Crippen LogP contribution in [0.3, 0.4) is 0 Å². The lowest BCUT2D eigenvalue weighted by Gasteiger charge is -2.36. The number of rotatable bonds is 5. The van der Waals surface area contributed by atoms with Gasteiger partial charge >= 0.3 is 0 Å². The van der Waals surface area contributed by atoms with Gasteiger partial charge in [0.1, 0.15) is 5.82 Å². The first-order valence-electron chi connectivity index (χ1n) is 11.8. The Balaban J connectivity index is 1.42. The normalized spacial score (nSPS) is 20.5. The number of hydrogen-bond donors (Lipinski definition) is 0. The number of aromatic nitrogens is 2. The Morgan fingerprint density at radius 1 is 1.03 bits per heavy atom. The lowest BCUT2D eigenvalue weighted by atomic mass is 10.0. The van der Waals surface area contributed by atoms with Crippen molar-refractivity contribution in [2.45, 2.75) is 58.0 Å². The monoisotopic (exact) mass is 447 g/mol. The Kier molecular flexibility index (Phi) is 5.83. The molecule has 33 heavy (non-hydrogen) atoms. The summed E-state index contributed by atoms with van der Waals surface area (Å²) in [5, 5.41) is 0. The van der Waals surface area contributed by atoms with Crippen LogP contribution in [0, 0.1) is 6.92 Å². The second-order valence-corrected chi connectivity index (χ2v) is 9.13. The van der Waals surface area contributed by atoms with Gasteiger partial charge in [-0.15, -0.1) is 0 Å². The number of benzene rings is 1. The van der Waals surface area contributed by atoms with E-state index in [9.17, 15) is 14.4 Å². The first kappa shape index (κ1) is 21.6. The van der Waals surface area contributed by atoms with Gasteiger partial charge in [0.05, 0.1) is 25.6 Å². The SMILES string of the molecule is Cc1nc([C@@H]2CCCCN2C(=O)CN2CCCC2=O)nc2c1CC(=O)N2Cc1ccccc1. The molecule has 2 saturated heterocycles. The number of piperidine rings is 1. The molecule has 1 aromatic carbocycles. The summed E-state index contributed by atoms with van der Waals surface area (Å²) in [4.78, 5) is 52.9. The molecule has 3 amide bonds. The summed E-state index contributed by atoms with van der Waals surface area (Å²) in [6.07, 6.45) is 4.34. The molecule has 0 spiro atoms. The molecule has 2 aromatic rings. The Bertz CT molecular complexity index is 1090. The number of aryl methyl sites for hydroxylation is 1. The second-order valence-electron chi connectivity index (χ2n) is 9.13. The van der Waals surface area contributed by atoms with Crippen molar-refractivity contribution in [3.63, 3.8) is 0 Å². The Morgan fingerprint density at radius 2 is 1.85 bits per heavy atom. The summed E-state index contributed by atoms with van der Waals surface area (Å²) in [7, 11) is 0. The van der Waals surface area contributed by atoms with Crippen LogP contribution in [0.4, 0.5) is 5.82 Å². The summed E-state index contributed by atoms with van der Waals surface area (Å²) >= 11 is 0. The number of carbonyl (C=O) groups is 3. The number of likely N-dealkylation sites (tertiary alicyclic amines) is 2. The lowest BCUT2D eigenvalue weighted by molar-refractivity contribution is -0.141. The van der Waals surface area contributed by atoms with Crippen LogP contribution in [0.1, 0.15) is 60.8 Å². The van der Waals surface area contributed by atoms with Gasteiger partial charge in [0, 0.05) is 30.8 Å². The molecule has 3 aliphatic rings. The zero-order valence-electron chi connectivity index (χ0n) is 19.0. The van der Waals surface area contributed by atoms with E-state index >= 15 is 0 Å². The summed E-state index contributed by atoms with van der Waals surface area (Å²) in [5.74, 6) is 1.29. The van der Waals surface area contributed by atoms with Crippen molar-refractivity contribution in [2.24, 2.45) is 0 Å². The molecule has 8 nitrogen and oxygen atoms in total. The minimum Gasteiger partial charge on any atom is -0.333 e. The van der Waals surface area contributed by atoms with Gasteiger partial charge in [-0.1, -0.05) is 30.3 Å². The van der Waals surface area contributed by atoms with E-state index in [0.717, 1.165) is 42.5 Å². The first-order valence-corrected chi connectivity index (χ1v) is 11.8. The van der Waals surface area contributed by atoms with Gasteiger partial charge < -0.3 is 9.80 Å². The molecule has 0 radical (unpaired) electrons. The molecule has 0 unspecified atom stereocenters. The van der Waals surface area contributed by atoms with Crippen LogP contribution in [0.15, 0.2) is 30.3 Å². The fourth-order valence-corrected chi connectivity index (χ4v) is 5.10. The largest absolute Gasteiger partial charge is 0.333 e. The highest BCUT2D eigenvalue weighted by atomic mass is 16.2. The van der Waals surface area contributed by atoms with E-state index in [1.165, 1.54) is 0 Å². The fourth-order valence-electron chi connectivity index (χ4n) is 5.10. The van der Waals surface area contributed by atoms with Gasteiger partial charge in [0.15, 0.2) is 5.82 Å².